The fraction of sp³-hybridized carbons (Fsp3) is 0.385. The van der Waals surface area contributed by atoms with Crippen molar-refractivity contribution in [3.05, 3.63) is 41.6 Å². The summed E-state index contributed by atoms with van der Waals surface area (Å²) >= 11 is 10.5. The molecule has 0 bridgehead atoms. The molecular weight excluding hydrogens is 408 g/mol. The molecule has 2 aromatic rings. The number of hydrogen-bond acceptors (Lipinski definition) is 4. The number of thiophene rings is 2. The minimum Gasteiger partial charge on any atom is -0.326 e. The first-order valence-electron chi connectivity index (χ1n) is 5.91. The van der Waals surface area contributed by atoms with E-state index in [1.165, 1.54) is 14.2 Å². The minimum atomic E-state index is 0.0950. The summed E-state index contributed by atoms with van der Waals surface area (Å²) in [6.07, 6.45) is 0. The van der Waals surface area contributed by atoms with Gasteiger partial charge in [-0.25, -0.2) is 0 Å². The molecule has 0 aliphatic rings. The Morgan fingerprint density at radius 2 is 2.05 bits per heavy atom. The van der Waals surface area contributed by atoms with Gasteiger partial charge in [0.05, 0.1) is 13.6 Å². The fourth-order valence-corrected chi connectivity index (χ4v) is 5.09. The molecule has 0 amide bonds. The van der Waals surface area contributed by atoms with E-state index in [0.29, 0.717) is 0 Å². The molecule has 0 saturated heterocycles. The molecule has 19 heavy (non-hydrogen) atoms. The van der Waals surface area contributed by atoms with Gasteiger partial charge in [-0.05, 0) is 75.0 Å². The molecule has 2 rings (SSSR count). The normalized spacial score (nSPS) is 14.8. The lowest BCUT2D eigenvalue weighted by atomic mass is 10.1. The van der Waals surface area contributed by atoms with E-state index in [1.807, 2.05) is 0 Å². The molecule has 0 radical (unpaired) electrons. The van der Waals surface area contributed by atoms with E-state index in [2.05, 4.69) is 74.3 Å². The Balaban J connectivity index is 2.15. The highest BCUT2D eigenvalue weighted by Gasteiger charge is 2.23. The number of nitrogens with zero attached hydrogens (tertiary/aromatic N) is 1. The first-order chi connectivity index (χ1) is 8.97. The maximum absolute atomic E-state index is 6.18. The van der Waals surface area contributed by atoms with Crippen LogP contribution in [0.3, 0.4) is 0 Å². The number of hydrogen-bond donors (Lipinski definition) is 1. The number of likely N-dealkylation sites (N-methyl/N-ethyl adjacent to an activating group) is 1. The topological polar surface area (TPSA) is 29.3 Å². The molecule has 0 fully saturated rings. The summed E-state index contributed by atoms with van der Waals surface area (Å²) in [4.78, 5) is 3.62. The van der Waals surface area contributed by atoms with Crippen LogP contribution in [0, 0.1) is 0 Å². The molecule has 6 heteroatoms. The SMILES string of the molecule is CC(N)C(c1ccc(Br)s1)N(C)Cc1csc(Br)c1. The summed E-state index contributed by atoms with van der Waals surface area (Å²) in [5.74, 6) is 0. The summed E-state index contributed by atoms with van der Waals surface area (Å²) in [6, 6.07) is 6.75. The van der Waals surface area contributed by atoms with Crippen LogP contribution in [0.25, 0.3) is 0 Å². The number of halogens is 2. The van der Waals surface area contributed by atoms with Crippen LogP contribution in [-0.4, -0.2) is 18.0 Å². The average molecular weight is 424 g/mol. The number of rotatable bonds is 5. The van der Waals surface area contributed by atoms with E-state index in [4.69, 9.17) is 5.73 Å². The van der Waals surface area contributed by atoms with E-state index < -0.39 is 0 Å². The Morgan fingerprint density at radius 1 is 1.32 bits per heavy atom. The molecule has 2 aromatic heterocycles. The summed E-state index contributed by atoms with van der Waals surface area (Å²) in [5, 5.41) is 2.18. The molecule has 0 spiro atoms. The van der Waals surface area contributed by atoms with E-state index in [-0.39, 0.29) is 12.1 Å². The quantitative estimate of drug-likeness (QED) is 0.744. The molecule has 2 heterocycles. The van der Waals surface area contributed by atoms with Gasteiger partial charge in [0.1, 0.15) is 0 Å². The Kier molecular flexibility index (Phi) is 5.63. The van der Waals surface area contributed by atoms with Gasteiger partial charge in [0, 0.05) is 17.5 Å². The molecular formula is C13H16Br2N2S2. The van der Waals surface area contributed by atoms with Crippen molar-refractivity contribution < 1.29 is 0 Å². The van der Waals surface area contributed by atoms with Gasteiger partial charge in [-0.3, -0.25) is 4.90 Å². The van der Waals surface area contributed by atoms with Gasteiger partial charge in [0.25, 0.3) is 0 Å². The maximum atomic E-state index is 6.18. The van der Waals surface area contributed by atoms with Crippen LogP contribution >= 0.6 is 54.5 Å². The first-order valence-corrected chi connectivity index (χ1v) is 9.19. The van der Waals surface area contributed by atoms with Crippen LogP contribution in [0.4, 0.5) is 0 Å². The second kappa shape index (κ2) is 6.83. The van der Waals surface area contributed by atoms with Crippen molar-refractivity contribution in [3.8, 4) is 0 Å². The Morgan fingerprint density at radius 3 is 2.53 bits per heavy atom. The summed E-state index contributed by atoms with van der Waals surface area (Å²) < 4.78 is 2.33. The summed E-state index contributed by atoms with van der Waals surface area (Å²) in [7, 11) is 2.13. The average Bonchev–Trinajstić information content (AvgIpc) is 2.88. The highest BCUT2D eigenvalue weighted by molar-refractivity contribution is 9.11. The van der Waals surface area contributed by atoms with Crippen LogP contribution < -0.4 is 5.73 Å². The first kappa shape index (κ1) is 15.7. The van der Waals surface area contributed by atoms with Crippen molar-refractivity contribution >= 4 is 54.5 Å². The van der Waals surface area contributed by atoms with Crippen LogP contribution in [0.2, 0.25) is 0 Å². The van der Waals surface area contributed by atoms with Gasteiger partial charge >= 0.3 is 0 Å². The lowest BCUT2D eigenvalue weighted by Crippen LogP contribution is -2.36. The smallest absolute Gasteiger partial charge is 0.0702 e. The van der Waals surface area contributed by atoms with Crippen molar-refractivity contribution in [2.24, 2.45) is 5.73 Å². The Hall–Kier alpha value is 0.280. The zero-order chi connectivity index (χ0) is 14.0. The van der Waals surface area contributed by atoms with E-state index in [1.54, 1.807) is 22.7 Å². The van der Waals surface area contributed by atoms with Crippen LogP contribution in [0.15, 0.2) is 31.2 Å². The van der Waals surface area contributed by atoms with Crippen LogP contribution in [-0.2, 0) is 6.54 Å². The molecule has 0 aromatic carbocycles. The van der Waals surface area contributed by atoms with Crippen molar-refractivity contribution in [3.63, 3.8) is 0 Å². The van der Waals surface area contributed by atoms with Crippen molar-refractivity contribution in [1.82, 2.24) is 4.90 Å². The Labute approximate surface area is 138 Å². The molecule has 2 nitrogen and oxygen atoms in total. The van der Waals surface area contributed by atoms with Gasteiger partial charge < -0.3 is 5.73 Å². The summed E-state index contributed by atoms with van der Waals surface area (Å²) in [5.41, 5.74) is 7.50. The molecule has 2 unspecified atom stereocenters. The zero-order valence-electron chi connectivity index (χ0n) is 10.8. The standard InChI is InChI=1S/C13H16Br2N2S2/c1-8(16)13(10-3-4-11(14)19-10)17(2)6-9-5-12(15)18-7-9/h3-5,7-8,13H,6,16H2,1-2H3. The molecule has 104 valence electrons. The largest absolute Gasteiger partial charge is 0.326 e. The van der Waals surface area contributed by atoms with Gasteiger partial charge in [-0.15, -0.1) is 22.7 Å². The second-order valence-electron chi connectivity index (χ2n) is 4.62. The van der Waals surface area contributed by atoms with Gasteiger partial charge in [-0.2, -0.15) is 0 Å². The minimum absolute atomic E-state index is 0.0950. The monoisotopic (exact) mass is 422 g/mol. The summed E-state index contributed by atoms with van der Waals surface area (Å²) in [6.45, 7) is 2.97. The Bertz CT molecular complexity index is 536. The highest BCUT2D eigenvalue weighted by Crippen LogP contribution is 2.33. The fourth-order valence-electron chi connectivity index (χ4n) is 2.18. The highest BCUT2D eigenvalue weighted by atomic mass is 79.9. The van der Waals surface area contributed by atoms with Gasteiger partial charge in [0.2, 0.25) is 0 Å². The van der Waals surface area contributed by atoms with Crippen LogP contribution in [0.1, 0.15) is 23.4 Å². The lowest BCUT2D eigenvalue weighted by molar-refractivity contribution is 0.214. The lowest BCUT2D eigenvalue weighted by Gasteiger charge is -2.30. The van der Waals surface area contributed by atoms with E-state index >= 15 is 0 Å². The second-order valence-corrected chi connectivity index (χ2v) is 9.41. The third-order valence-electron chi connectivity index (χ3n) is 2.91. The number of nitrogens with two attached hydrogens (primary N) is 1. The van der Waals surface area contributed by atoms with Crippen molar-refractivity contribution in [2.75, 3.05) is 7.05 Å². The van der Waals surface area contributed by atoms with Crippen molar-refractivity contribution in [1.29, 1.82) is 0 Å². The molecule has 0 saturated carbocycles. The van der Waals surface area contributed by atoms with Crippen LogP contribution in [0.5, 0.6) is 0 Å². The molecule has 0 aliphatic heterocycles. The van der Waals surface area contributed by atoms with E-state index in [0.717, 1.165) is 10.3 Å². The van der Waals surface area contributed by atoms with Crippen molar-refractivity contribution in [2.45, 2.75) is 25.6 Å². The predicted octanol–water partition coefficient (Wildman–Crippen LogP) is 4.85. The molecule has 2 N–H and O–H groups in total. The maximum Gasteiger partial charge on any atom is 0.0702 e. The molecule has 0 aliphatic carbocycles. The van der Waals surface area contributed by atoms with Gasteiger partial charge in [0.15, 0.2) is 0 Å². The zero-order valence-corrected chi connectivity index (χ0v) is 15.6. The predicted molar refractivity (Wildman–Crippen MR) is 91.9 cm³/mol. The molecule has 2 atom stereocenters. The third-order valence-corrected chi connectivity index (χ3v) is 6.16. The van der Waals surface area contributed by atoms with E-state index in [9.17, 15) is 0 Å². The third kappa shape index (κ3) is 4.12. The van der Waals surface area contributed by atoms with Gasteiger partial charge in [-0.1, -0.05) is 0 Å².